The van der Waals surface area contributed by atoms with Crippen LogP contribution < -0.4 is 10.6 Å². The Balaban J connectivity index is 3.39. The van der Waals surface area contributed by atoms with Gasteiger partial charge in [-0.15, -0.1) is 0 Å². The van der Waals surface area contributed by atoms with Gasteiger partial charge in [0.2, 0.25) is 11.8 Å². The lowest BCUT2D eigenvalue weighted by Crippen LogP contribution is -2.54. The van der Waals surface area contributed by atoms with Crippen molar-refractivity contribution in [1.29, 1.82) is 0 Å². The monoisotopic (exact) mass is 521 g/mol. The second-order valence-electron chi connectivity index (χ2n) is 10.7. The van der Waals surface area contributed by atoms with Crippen LogP contribution in [-0.4, -0.2) is 52.8 Å². The zero-order valence-electron chi connectivity index (χ0n) is 23.4. The molecule has 0 saturated carbocycles. The first kappa shape index (κ1) is 31.8. The van der Waals surface area contributed by atoms with Crippen molar-refractivity contribution in [2.75, 3.05) is 12.3 Å². The summed E-state index contributed by atoms with van der Waals surface area (Å²) in [5.74, 6) is -0.519. The smallest absolute Gasteiger partial charge is 0.408 e. The number of nitrogens with one attached hydrogen (secondary N) is 2. The fourth-order valence-corrected chi connectivity index (χ4v) is 4.11. The SMILES string of the molecule is CCCCCCCN(C(=O)C(CS)NC(=O)OC(C)(C)C)C(C(=O)NC(C)C)c1ccc(C)c(C)c1. The Morgan fingerprint density at radius 2 is 1.64 bits per heavy atom. The van der Waals surface area contributed by atoms with E-state index in [1.807, 2.05) is 45.9 Å². The molecular weight excluding hydrogens is 474 g/mol. The molecule has 204 valence electrons. The Morgan fingerprint density at radius 1 is 1.00 bits per heavy atom. The number of alkyl carbamates (subject to hydrolysis) is 1. The van der Waals surface area contributed by atoms with Gasteiger partial charge in [-0.1, -0.05) is 50.8 Å². The van der Waals surface area contributed by atoms with E-state index in [1.54, 1.807) is 25.7 Å². The number of unbranched alkanes of at least 4 members (excludes halogenated alkanes) is 4. The standard InChI is InChI=1S/C28H47N3O4S/c1-9-10-11-12-13-16-31(26(33)23(18-36)30-27(34)35-28(6,7)8)24(25(32)29-19(2)3)22-15-14-20(4)21(5)17-22/h14-15,17,19,23-24,36H,9-13,16,18H2,1-8H3,(H,29,32)(H,30,34). The fourth-order valence-electron chi connectivity index (χ4n) is 3.86. The van der Waals surface area contributed by atoms with Crippen LogP contribution >= 0.6 is 12.6 Å². The van der Waals surface area contributed by atoms with E-state index >= 15 is 0 Å². The van der Waals surface area contributed by atoms with Gasteiger partial charge in [-0.3, -0.25) is 9.59 Å². The van der Waals surface area contributed by atoms with Gasteiger partial charge < -0.3 is 20.3 Å². The van der Waals surface area contributed by atoms with Crippen molar-refractivity contribution >= 4 is 30.5 Å². The van der Waals surface area contributed by atoms with Crippen LogP contribution in [0.1, 0.15) is 96.4 Å². The van der Waals surface area contributed by atoms with Crippen LogP contribution in [0.3, 0.4) is 0 Å². The van der Waals surface area contributed by atoms with E-state index in [4.69, 9.17) is 4.74 Å². The van der Waals surface area contributed by atoms with Crippen LogP contribution in [0.15, 0.2) is 18.2 Å². The highest BCUT2D eigenvalue weighted by Gasteiger charge is 2.36. The molecule has 0 heterocycles. The van der Waals surface area contributed by atoms with Crippen molar-refractivity contribution in [3.05, 3.63) is 34.9 Å². The predicted octanol–water partition coefficient (Wildman–Crippen LogP) is 5.49. The third kappa shape index (κ3) is 10.8. The summed E-state index contributed by atoms with van der Waals surface area (Å²) in [5, 5.41) is 5.65. The van der Waals surface area contributed by atoms with Gasteiger partial charge in [0.25, 0.3) is 0 Å². The summed E-state index contributed by atoms with van der Waals surface area (Å²) in [6, 6.07) is 4.00. The normalized spacial score (nSPS) is 13.2. The van der Waals surface area contributed by atoms with Crippen LogP contribution in [0, 0.1) is 13.8 Å². The maximum atomic E-state index is 13.9. The predicted molar refractivity (Wildman–Crippen MR) is 149 cm³/mol. The molecule has 0 saturated heterocycles. The van der Waals surface area contributed by atoms with Gasteiger partial charge in [0.15, 0.2) is 0 Å². The van der Waals surface area contributed by atoms with E-state index in [0.29, 0.717) is 6.54 Å². The second-order valence-corrected chi connectivity index (χ2v) is 11.1. The summed E-state index contributed by atoms with van der Waals surface area (Å²) in [6.07, 6.45) is 4.33. The zero-order valence-corrected chi connectivity index (χ0v) is 24.3. The molecule has 2 N–H and O–H groups in total. The molecule has 0 radical (unpaired) electrons. The highest BCUT2D eigenvalue weighted by molar-refractivity contribution is 7.80. The molecule has 2 atom stereocenters. The summed E-state index contributed by atoms with van der Waals surface area (Å²) < 4.78 is 5.37. The molecule has 0 aliphatic rings. The minimum absolute atomic E-state index is 0.0792. The zero-order chi connectivity index (χ0) is 27.5. The molecule has 1 rings (SSSR count). The lowest BCUT2D eigenvalue weighted by molar-refractivity contribution is -0.142. The van der Waals surface area contributed by atoms with Crippen molar-refractivity contribution in [2.45, 2.75) is 111 Å². The number of aryl methyl sites for hydroxylation is 2. The quantitative estimate of drug-likeness (QED) is 0.237. The van der Waals surface area contributed by atoms with E-state index < -0.39 is 23.8 Å². The summed E-state index contributed by atoms with van der Waals surface area (Å²) >= 11 is 4.35. The largest absolute Gasteiger partial charge is 0.444 e. The van der Waals surface area contributed by atoms with Crippen LogP contribution in [0.25, 0.3) is 0 Å². The average molecular weight is 522 g/mol. The van der Waals surface area contributed by atoms with Crippen molar-refractivity contribution in [1.82, 2.24) is 15.5 Å². The van der Waals surface area contributed by atoms with Crippen molar-refractivity contribution in [3.8, 4) is 0 Å². The minimum Gasteiger partial charge on any atom is -0.444 e. The molecule has 0 aromatic heterocycles. The first-order valence-electron chi connectivity index (χ1n) is 13.1. The van der Waals surface area contributed by atoms with Gasteiger partial charge >= 0.3 is 6.09 Å². The van der Waals surface area contributed by atoms with E-state index in [2.05, 4.69) is 30.2 Å². The van der Waals surface area contributed by atoms with E-state index in [9.17, 15) is 14.4 Å². The minimum atomic E-state index is -0.931. The molecule has 0 aliphatic carbocycles. The van der Waals surface area contributed by atoms with Crippen LogP contribution in [0.4, 0.5) is 4.79 Å². The maximum Gasteiger partial charge on any atom is 0.408 e. The Labute approximate surface area is 223 Å². The highest BCUT2D eigenvalue weighted by Crippen LogP contribution is 2.26. The Kier molecular flexibility index (Phi) is 13.4. The number of amides is 3. The van der Waals surface area contributed by atoms with E-state index in [0.717, 1.165) is 48.8 Å². The molecular formula is C28H47N3O4S. The van der Waals surface area contributed by atoms with E-state index in [1.165, 1.54) is 0 Å². The molecule has 1 aromatic carbocycles. The van der Waals surface area contributed by atoms with Crippen molar-refractivity contribution in [2.24, 2.45) is 0 Å². The van der Waals surface area contributed by atoms with Gasteiger partial charge in [0.05, 0.1) is 0 Å². The molecule has 0 spiro atoms. The first-order chi connectivity index (χ1) is 16.8. The maximum absolute atomic E-state index is 13.9. The number of rotatable bonds is 13. The highest BCUT2D eigenvalue weighted by atomic mass is 32.1. The third-order valence-corrected chi connectivity index (χ3v) is 6.16. The molecule has 0 aliphatic heterocycles. The second kappa shape index (κ2) is 15.1. The molecule has 7 nitrogen and oxygen atoms in total. The van der Waals surface area contributed by atoms with Gasteiger partial charge in [0.1, 0.15) is 17.7 Å². The van der Waals surface area contributed by atoms with Crippen LogP contribution in [0.5, 0.6) is 0 Å². The number of carbonyl (C=O) groups excluding carboxylic acids is 3. The number of nitrogens with zero attached hydrogens (tertiary/aromatic N) is 1. The average Bonchev–Trinajstić information content (AvgIpc) is 2.76. The number of benzene rings is 1. The van der Waals surface area contributed by atoms with Gasteiger partial charge in [-0.2, -0.15) is 12.6 Å². The van der Waals surface area contributed by atoms with Gasteiger partial charge in [-0.25, -0.2) is 4.79 Å². The fraction of sp³-hybridized carbons (Fsp3) is 0.679. The Bertz CT molecular complexity index is 867. The van der Waals surface area contributed by atoms with Crippen LogP contribution in [0.2, 0.25) is 0 Å². The molecule has 1 aromatic rings. The molecule has 36 heavy (non-hydrogen) atoms. The number of thiol groups is 1. The molecule has 8 heteroatoms. The van der Waals surface area contributed by atoms with E-state index in [-0.39, 0.29) is 23.6 Å². The summed E-state index contributed by atoms with van der Waals surface area (Å²) in [6.45, 7) is 15.6. The molecule has 0 fully saturated rings. The molecule has 2 unspecified atom stereocenters. The van der Waals surface area contributed by atoms with Crippen molar-refractivity contribution < 1.29 is 19.1 Å². The van der Waals surface area contributed by atoms with Crippen molar-refractivity contribution in [3.63, 3.8) is 0 Å². The Morgan fingerprint density at radius 3 is 2.17 bits per heavy atom. The Hall–Kier alpha value is -2.22. The first-order valence-corrected chi connectivity index (χ1v) is 13.7. The summed E-state index contributed by atoms with van der Waals surface area (Å²) in [7, 11) is 0. The lowest BCUT2D eigenvalue weighted by Gasteiger charge is -2.35. The number of hydrogen-bond acceptors (Lipinski definition) is 5. The van der Waals surface area contributed by atoms with Gasteiger partial charge in [-0.05, 0) is 71.6 Å². The molecule has 3 amide bonds. The topological polar surface area (TPSA) is 87.7 Å². The number of ether oxygens (including phenoxy) is 1. The number of hydrogen-bond donors (Lipinski definition) is 3. The summed E-state index contributed by atoms with van der Waals surface area (Å²) in [4.78, 5) is 41.5. The lowest BCUT2D eigenvalue weighted by atomic mass is 9.98. The van der Waals surface area contributed by atoms with Gasteiger partial charge in [0, 0.05) is 18.3 Å². The third-order valence-electron chi connectivity index (χ3n) is 5.79. The summed E-state index contributed by atoms with van der Waals surface area (Å²) in [5.41, 5.74) is 2.20. The number of carbonyl (C=O) groups is 3. The molecule has 0 bridgehead atoms. The van der Waals surface area contributed by atoms with Crippen LogP contribution in [-0.2, 0) is 14.3 Å².